The minimum atomic E-state index is -0.522. The molecule has 2 rings (SSSR count). The van der Waals surface area contributed by atoms with Crippen LogP contribution in [0.3, 0.4) is 0 Å². The van der Waals surface area contributed by atoms with E-state index in [2.05, 4.69) is 16.0 Å². The largest absolute Gasteiger partial charge is 0.352 e. The van der Waals surface area contributed by atoms with Crippen LogP contribution in [0, 0.1) is 5.41 Å². The van der Waals surface area contributed by atoms with Crippen LogP contribution in [0.4, 0.5) is 16.2 Å². The first-order chi connectivity index (χ1) is 13.0. The van der Waals surface area contributed by atoms with Crippen molar-refractivity contribution < 1.29 is 9.59 Å². The third-order valence-electron chi connectivity index (χ3n) is 4.90. The van der Waals surface area contributed by atoms with Crippen LogP contribution in [0.25, 0.3) is 0 Å². The standard InChI is InChI=1S/C21H28N4O2.ClH/c1-3-21(4-2,15-22)19(26)23-14-16-9-8-12-18(13-16)25-20(27)24-17-10-6-5-7-11-17;/h5-13H,3-4,14-15,22H2,1-2H3,(H,23,26)(H2,24,25,27);1H. The number of hydrogen-bond donors (Lipinski definition) is 4. The van der Waals surface area contributed by atoms with E-state index in [4.69, 9.17) is 5.73 Å². The van der Waals surface area contributed by atoms with Crippen molar-refractivity contribution in [1.29, 1.82) is 0 Å². The van der Waals surface area contributed by atoms with Crippen LogP contribution in [0.5, 0.6) is 0 Å². The Balaban J connectivity index is 0.00000392. The molecule has 0 atom stereocenters. The second-order valence-corrected chi connectivity index (χ2v) is 6.52. The van der Waals surface area contributed by atoms with Gasteiger partial charge in [0.15, 0.2) is 0 Å². The molecule has 2 aromatic carbocycles. The van der Waals surface area contributed by atoms with Gasteiger partial charge in [0.2, 0.25) is 5.91 Å². The fraction of sp³-hybridized carbons (Fsp3) is 0.333. The number of amides is 3. The molecular formula is C21H29ClN4O2. The Morgan fingerprint density at radius 3 is 2.14 bits per heavy atom. The zero-order valence-corrected chi connectivity index (χ0v) is 17.1. The lowest BCUT2D eigenvalue weighted by atomic mass is 9.81. The molecule has 0 radical (unpaired) electrons. The van der Waals surface area contributed by atoms with Crippen molar-refractivity contribution in [3.63, 3.8) is 0 Å². The SMILES string of the molecule is CCC(CC)(CN)C(=O)NCc1cccc(NC(=O)Nc2ccccc2)c1.Cl. The third-order valence-corrected chi connectivity index (χ3v) is 4.90. The lowest BCUT2D eigenvalue weighted by Gasteiger charge is -2.28. The van der Waals surface area contributed by atoms with Crippen molar-refractivity contribution in [2.45, 2.75) is 33.2 Å². The highest BCUT2D eigenvalue weighted by molar-refractivity contribution is 5.99. The van der Waals surface area contributed by atoms with Crippen molar-refractivity contribution in [3.8, 4) is 0 Å². The van der Waals surface area contributed by atoms with Gasteiger partial charge in [0.25, 0.3) is 0 Å². The van der Waals surface area contributed by atoms with Gasteiger partial charge in [0, 0.05) is 24.5 Å². The number of halogens is 1. The fourth-order valence-electron chi connectivity index (χ4n) is 2.90. The summed E-state index contributed by atoms with van der Waals surface area (Å²) in [6.45, 7) is 4.67. The normalized spacial score (nSPS) is 10.5. The summed E-state index contributed by atoms with van der Waals surface area (Å²) < 4.78 is 0. The molecule has 3 amide bonds. The smallest absolute Gasteiger partial charge is 0.323 e. The van der Waals surface area contributed by atoms with Crippen LogP contribution >= 0.6 is 12.4 Å². The second-order valence-electron chi connectivity index (χ2n) is 6.52. The highest BCUT2D eigenvalue weighted by Gasteiger charge is 2.32. The van der Waals surface area contributed by atoms with E-state index in [0.717, 1.165) is 11.3 Å². The van der Waals surface area contributed by atoms with Gasteiger partial charge in [-0.05, 0) is 42.7 Å². The van der Waals surface area contributed by atoms with E-state index in [1.165, 1.54) is 0 Å². The molecule has 0 heterocycles. The highest BCUT2D eigenvalue weighted by Crippen LogP contribution is 2.25. The molecule has 2 aromatic rings. The number of anilines is 2. The van der Waals surface area contributed by atoms with E-state index < -0.39 is 5.41 Å². The molecule has 0 saturated carbocycles. The zero-order chi connectivity index (χ0) is 19.7. The Hall–Kier alpha value is -2.57. The van der Waals surface area contributed by atoms with Crippen LogP contribution < -0.4 is 21.7 Å². The molecule has 6 nitrogen and oxygen atoms in total. The molecule has 0 aromatic heterocycles. The van der Waals surface area contributed by atoms with Gasteiger partial charge in [-0.2, -0.15) is 0 Å². The summed E-state index contributed by atoms with van der Waals surface area (Å²) in [5.74, 6) is -0.0322. The Morgan fingerprint density at radius 1 is 0.929 bits per heavy atom. The number of benzene rings is 2. The van der Waals surface area contributed by atoms with Crippen molar-refractivity contribution in [1.82, 2.24) is 5.32 Å². The monoisotopic (exact) mass is 404 g/mol. The van der Waals surface area contributed by atoms with Gasteiger partial charge in [0.1, 0.15) is 0 Å². The second kappa shape index (κ2) is 11.3. The minimum absolute atomic E-state index is 0. The van der Waals surface area contributed by atoms with Crippen molar-refractivity contribution >= 4 is 35.7 Å². The molecule has 0 unspecified atom stereocenters. The van der Waals surface area contributed by atoms with E-state index in [-0.39, 0.29) is 24.3 Å². The summed E-state index contributed by atoms with van der Waals surface area (Å²) in [4.78, 5) is 24.6. The predicted octanol–water partition coefficient (Wildman–Crippen LogP) is 4.13. The number of rotatable bonds is 8. The van der Waals surface area contributed by atoms with E-state index >= 15 is 0 Å². The van der Waals surface area contributed by atoms with Crippen molar-refractivity contribution in [2.75, 3.05) is 17.2 Å². The minimum Gasteiger partial charge on any atom is -0.352 e. The van der Waals surface area contributed by atoms with Crippen LogP contribution in [-0.2, 0) is 11.3 Å². The summed E-state index contributed by atoms with van der Waals surface area (Å²) in [5.41, 5.74) is 7.58. The van der Waals surface area contributed by atoms with E-state index in [9.17, 15) is 9.59 Å². The predicted molar refractivity (Wildman–Crippen MR) is 117 cm³/mol. The Bertz CT molecular complexity index is 756. The highest BCUT2D eigenvalue weighted by atomic mass is 35.5. The number of carbonyl (C=O) groups is 2. The van der Waals surface area contributed by atoms with Crippen molar-refractivity contribution in [2.24, 2.45) is 11.1 Å². The Kier molecular flexibility index (Phi) is 9.48. The zero-order valence-electron chi connectivity index (χ0n) is 16.3. The molecule has 0 bridgehead atoms. The maximum Gasteiger partial charge on any atom is 0.323 e. The van der Waals surface area contributed by atoms with Gasteiger partial charge in [-0.1, -0.05) is 44.2 Å². The number of hydrogen-bond acceptors (Lipinski definition) is 3. The first kappa shape index (κ1) is 23.5. The quantitative estimate of drug-likeness (QED) is 0.532. The number of para-hydroxylation sites is 1. The van der Waals surface area contributed by atoms with E-state index in [1.54, 1.807) is 6.07 Å². The van der Waals surface area contributed by atoms with Gasteiger partial charge in [-0.15, -0.1) is 12.4 Å². The fourth-order valence-corrected chi connectivity index (χ4v) is 2.90. The van der Waals surface area contributed by atoms with Gasteiger partial charge < -0.3 is 21.7 Å². The average molecular weight is 405 g/mol. The molecule has 0 aliphatic heterocycles. The molecule has 7 heteroatoms. The summed E-state index contributed by atoms with van der Waals surface area (Å²) in [6.07, 6.45) is 1.40. The maximum atomic E-state index is 12.5. The number of carbonyl (C=O) groups excluding carboxylic acids is 2. The van der Waals surface area contributed by atoms with Gasteiger partial charge in [-0.25, -0.2) is 4.79 Å². The van der Waals surface area contributed by atoms with Gasteiger partial charge in [-0.3, -0.25) is 4.79 Å². The molecule has 0 fully saturated rings. The molecule has 0 aliphatic carbocycles. The average Bonchev–Trinajstić information content (AvgIpc) is 2.69. The topological polar surface area (TPSA) is 96.2 Å². The number of nitrogens with one attached hydrogen (secondary N) is 3. The van der Waals surface area contributed by atoms with E-state index in [1.807, 2.05) is 62.4 Å². The van der Waals surface area contributed by atoms with Crippen LogP contribution in [0.1, 0.15) is 32.3 Å². The lowest BCUT2D eigenvalue weighted by Crippen LogP contribution is -2.45. The summed E-state index contributed by atoms with van der Waals surface area (Å²) in [5, 5.41) is 8.53. The van der Waals surface area contributed by atoms with Crippen LogP contribution in [0.15, 0.2) is 54.6 Å². The maximum absolute atomic E-state index is 12.5. The van der Waals surface area contributed by atoms with Crippen LogP contribution in [0.2, 0.25) is 0 Å². The van der Waals surface area contributed by atoms with Gasteiger partial charge >= 0.3 is 6.03 Å². The number of nitrogens with two attached hydrogens (primary N) is 1. The molecule has 0 saturated heterocycles. The van der Waals surface area contributed by atoms with Crippen molar-refractivity contribution in [3.05, 3.63) is 60.2 Å². The van der Waals surface area contributed by atoms with E-state index in [0.29, 0.717) is 31.6 Å². The third kappa shape index (κ3) is 6.25. The molecule has 0 spiro atoms. The van der Waals surface area contributed by atoms with Gasteiger partial charge in [0.05, 0.1) is 5.41 Å². The summed E-state index contributed by atoms with van der Waals surface area (Å²) >= 11 is 0. The summed E-state index contributed by atoms with van der Waals surface area (Å²) in [6, 6.07) is 16.3. The molecule has 0 aliphatic rings. The summed E-state index contributed by atoms with van der Waals surface area (Å²) in [7, 11) is 0. The Labute approximate surface area is 172 Å². The van der Waals surface area contributed by atoms with Crippen LogP contribution in [-0.4, -0.2) is 18.5 Å². The molecule has 28 heavy (non-hydrogen) atoms. The lowest BCUT2D eigenvalue weighted by molar-refractivity contribution is -0.131. The molecule has 5 N–H and O–H groups in total. The first-order valence-corrected chi connectivity index (χ1v) is 9.23. The molecule has 152 valence electrons. The Morgan fingerprint density at radius 2 is 1.54 bits per heavy atom. The molecular weight excluding hydrogens is 376 g/mol. The number of urea groups is 1. The first-order valence-electron chi connectivity index (χ1n) is 9.23.